The van der Waals surface area contributed by atoms with Crippen molar-refractivity contribution < 1.29 is 9.59 Å². The van der Waals surface area contributed by atoms with Crippen LogP contribution in [0.5, 0.6) is 0 Å². The van der Waals surface area contributed by atoms with Crippen molar-refractivity contribution in [3.63, 3.8) is 0 Å². The van der Waals surface area contributed by atoms with Gasteiger partial charge < -0.3 is 0 Å². The number of amides is 2. The molecule has 114 valence electrons. The lowest BCUT2D eigenvalue weighted by atomic mass is 10.2. The van der Waals surface area contributed by atoms with Gasteiger partial charge in [0.05, 0.1) is 5.25 Å². The van der Waals surface area contributed by atoms with Crippen LogP contribution in [0.1, 0.15) is 17.3 Å². The zero-order valence-electron chi connectivity index (χ0n) is 11.9. The summed E-state index contributed by atoms with van der Waals surface area (Å²) in [5.74, 6) is -0.600. The van der Waals surface area contributed by atoms with Crippen LogP contribution in [0.25, 0.3) is 0 Å². The first-order valence-corrected chi connectivity index (χ1v) is 8.31. The molecular weight excluding hydrogens is 364 g/mol. The van der Waals surface area contributed by atoms with Crippen LogP contribution < -0.4 is 10.9 Å². The first kappa shape index (κ1) is 16.6. The first-order valence-electron chi connectivity index (χ1n) is 6.64. The van der Waals surface area contributed by atoms with E-state index in [1.165, 1.54) is 11.8 Å². The highest BCUT2D eigenvalue weighted by atomic mass is 79.9. The predicted molar refractivity (Wildman–Crippen MR) is 91.5 cm³/mol. The maximum absolute atomic E-state index is 12.0. The fraction of sp³-hybridized carbons (Fsp3) is 0.125. The predicted octanol–water partition coefficient (Wildman–Crippen LogP) is 3.39. The Morgan fingerprint density at radius 1 is 1.00 bits per heavy atom. The van der Waals surface area contributed by atoms with E-state index in [9.17, 15) is 9.59 Å². The number of hydrogen-bond donors (Lipinski definition) is 2. The number of halogens is 1. The summed E-state index contributed by atoms with van der Waals surface area (Å²) in [5, 5.41) is -0.312. The Labute approximate surface area is 141 Å². The Kier molecular flexibility index (Phi) is 6.03. The molecule has 0 spiro atoms. The molecule has 2 aromatic carbocycles. The number of thioether (sulfide) groups is 1. The van der Waals surface area contributed by atoms with Gasteiger partial charge in [0.25, 0.3) is 11.8 Å². The van der Waals surface area contributed by atoms with E-state index in [1.54, 1.807) is 31.2 Å². The molecule has 2 amide bonds. The minimum atomic E-state index is -0.349. The van der Waals surface area contributed by atoms with Crippen molar-refractivity contribution in [3.05, 3.63) is 64.6 Å². The molecule has 2 N–H and O–H groups in total. The molecule has 0 saturated carbocycles. The van der Waals surface area contributed by atoms with Crippen LogP contribution in [0.15, 0.2) is 64.0 Å². The van der Waals surface area contributed by atoms with Crippen molar-refractivity contribution in [2.45, 2.75) is 17.1 Å². The number of hydrogen-bond acceptors (Lipinski definition) is 3. The van der Waals surface area contributed by atoms with Gasteiger partial charge in [-0.05, 0) is 43.3 Å². The van der Waals surface area contributed by atoms with E-state index in [4.69, 9.17) is 0 Å². The van der Waals surface area contributed by atoms with E-state index in [-0.39, 0.29) is 17.1 Å². The molecule has 1 atom stereocenters. The summed E-state index contributed by atoms with van der Waals surface area (Å²) in [5.41, 5.74) is 5.34. The van der Waals surface area contributed by atoms with Gasteiger partial charge in [-0.2, -0.15) is 0 Å². The molecule has 4 nitrogen and oxygen atoms in total. The van der Waals surface area contributed by atoms with Crippen LogP contribution >= 0.6 is 27.7 Å². The van der Waals surface area contributed by atoms with Crippen molar-refractivity contribution in [3.8, 4) is 0 Å². The zero-order valence-corrected chi connectivity index (χ0v) is 14.3. The SMILES string of the molecule is C[C@@H](Sc1ccccc1)C(=O)NNC(=O)c1ccc(Br)cc1. The normalized spacial score (nSPS) is 11.5. The van der Waals surface area contributed by atoms with Crippen LogP contribution in [-0.2, 0) is 4.79 Å². The fourth-order valence-corrected chi connectivity index (χ4v) is 2.80. The molecule has 0 heterocycles. The number of hydrazine groups is 1. The summed E-state index contributed by atoms with van der Waals surface area (Å²) in [6.07, 6.45) is 0. The highest BCUT2D eigenvalue weighted by molar-refractivity contribution is 9.10. The van der Waals surface area contributed by atoms with Crippen molar-refractivity contribution in [1.82, 2.24) is 10.9 Å². The van der Waals surface area contributed by atoms with E-state index in [1.807, 2.05) is 30.3 Å². The van der Waals surface area contributed by atoms with Gasteiger partial charge in [0.2, 0.25) is 0 Å². The molecule has 2 rings (SSSR count). The molecule has 0 unspecified atom stereocenters. The standard InChI is InChI=1S/C16H15BrN2O2S/c1-11(22-14-5-3-2-4-6-14)15(20)18-19-16(21)12-7-9-13(17)10-8-12/h2-11H,1H3,(H,18,20)(H,19,21)/t11-/m1/s1. The largest absolute Gasteiger partial charge is 0.272 e. The topological polar surface area (TPSA) is 58.2 Å². The van der Waals surface area contributed by atoms with Gasteiger partial charge in [-0.1, -0.05) is 34.1 Å². The van der Waals surface area contributed by atoms with Gasteiger partial charge in [-0.15, -0.1) is 11.8 Å². The minimum Gasteiger partial charge on any atom is -0.272 e. The maximum atomic E-state index is 12.0. The van der Waals surface area contributed by atoms with Crippen LogP contribution in [-0.4, -0.2) is 17.1 Å². The van der Waals surface area contributed by atoms with Gasteiger partial charge in [0, 0.05) is 14.9 Å². The zero-order chi connectivity index (χ0) is 15.9. The molecule has 6 heteroatoms. The third-order valence-electron chi connectivity index (χ3n) is 2.83. The van der Waals surface area contributed by atoms with E-state index < -0.39 is 0 Å². The third-order valence-corrected chi connectivity index (χ3v) is 4.47. The van der Waals surface area contributed by atoms with Gasteiger partial charge >= 0.3 is 0 Å². The molecule has 0 saturated heterocycles. The summed E-state index contributed by atoms with van der Waals surface area (Å²) in [7, 11) is 0. The van der Waals surface area contributed by atoms with E-state index in [2.05, 4.69) is 26.8 Å². The second-order valence-corrected chi connectivity index (χ2v) is 6.85. The molecule has 2 aromatic rings. The summed E-state index contributed by atoms with van der Waals surface area (Å²) >= 11 is 4.73. The number of carbonyl (C=O) groups excluding carboxylic acids is 2. The van der Waals surface area contributed by atoms with Crippen LogP contribution in [0.4, 0.5) is 0 Å². The molecule has 0 radical (unpaired) electrons. The molecular formula is C16H15BrN2O2S. The molecule has 0 aliphatic heterocycles. The molecule has 0 bridgehead atoms. The van der Waals surface area contributed by atoms with Gasteiger partial charge in [0.1, 0.15) is 0 Å². The average Bonchev–Trinajstić information content (AvgIpc) is 2.53. The lowest BCUT2D eigenvalue weighted by molar-refractivity contribution is -0.121. The number of carbonyl (C=O) groups is 2. The van der Waals surface area contributed by atoms with Gasteiger partial charge in [-0.3, -0.25) is 20.4 Å². The summed E-state index contributed by atoms with van der Waals surface area (Å²) in [4.78, 5) is 24.9. The smallest absolute Gasteiger partial charge is 0.269 e. The van der Waals surface area contributed by atoms with Crippen molar-refractivity contribution >= 4 is 39.5 Å². The number of rotatable bonds is 4. The van der Waals surface area contributed by atoms with E-state index in [0.29, 0.717) is 5.56 Å². The second kappa shape index (κ2) is 8.00. The lowest BCUT2D eigenvalue weighted by Crippen LogP contribution is -2.44. The van der Waals surface area contributed by atoms with Crippen LogP contribution in [0.2, 0.25) is 0 Å². The summed E-state index contributed by atoms with van der Waals surface area (Å²) in [6, 6.07) is 16.5. The average molecular weight is 379 g/mol. The summed E-state index contributed by atoms with van der Waals surface area (Å²) in [6.45, 7) is 1.79. The molecule has 0 aliphatic carbocycles. The van der Waals surface area contributed by atoms with Crippen molar-refractivity contribution in [1.29, 1.82) is 0 Å². The molecule has 0 aliphatic rings. The monoisotopic (exact) mass is 378 g/mol. The van der Waals surface area contributed by atoms with Gasteiger partial charge in [0.15, 0.2) is 0 Å². The summed E-state index contributed by atoms with van der Waals surface area (Å²) < 4.78 is 0.890. The molecule has 0 aromatic heterocycles. The third kappa shape index (κ3) is 4.89. The van der Waals surface area contributed by atoms with Crippen LogP contribution in [0.3, 0.4) is 0 Å². The van der Waals surface area contributed by atoms with E-state index >= 15 is 0 Å². The van der Waals surface area contributed by atoms with E-state index in [0.717, 1.165) is 9.37 Å². The Balaban J connectivity index is 1.84. The second-order valence-electron chi connectivity index (χ2n) is 4.52. The maximum Gasteiger partial charge on any atom is 0.269 e. The van der Waals surface area contributed by atoms with Crippen molar-refractivity contribution in [2.75, 3.05) is 0 Å². The number of benzene rings is 2. The minimum absolute atomic E-state index is 0.251. The fourth-order valence-electron chi connectivity index (χ4n) is 1.65. The Bertz CT molecular complexity index is 647. The molecule has 22 heavy (non-hydrogen) atoms. The molecule has 0 fully saturated rings. The Morgan fingerprint density at radius 3 is 2.27 bits per heavy atom. The Hall–Kier alpha value is -1.79. The number of nitrogens with one attached hydrogen (secondary N) is 2. The highest BCUT2D eigenvalue weighted by Gasteiger charge is 2.15. The quantitative estimate of drug-likeness (QED) is 0.633. The van der Waals surface area contributed by atoms with Gasteiger partial charge in [-0.25, -0.2) is 0 Å². The highest BCUT2D eigenvalue weighted by Crippen LogP contribution is 2.22. The van der Waals surface area contributed by atoms with Crippen molar-refractivity contribution in [2.24, 2.45) is 0 Å². The lowest BCUT2D eigenvalue weighted by Gasteiger charge is -2.12. The van der Waals surface area contributed by atoms with Crippen LogP contribution in [0, 0.1) is 0 Å². The Morgan fingerprint density at radius 2 is 1.64 bits per heavy atom. The first-order chi connectivity index (χ1) is 10.6.